The van der Waals surface area contributed by atoms with Crippen LogP contribution in [0.4, 0.5) is 0 Å². The minimum Gasteiger partial charge on any atom is -0.335 e. The van der Waals surface area contributed by atoms with E-state index in [1.165, 1.54) is 5.69 Å². The third-order valence-corrected chi connectivity index (χ3v) is 4.40. The first-order chi connectivity index (χ1) is 9.41. The quantitative estimate of drug-likeness (QED) is 0.714. The molecule has 0 unspecified atom stereocenters. The Morgan fingerprint density at radius 1 is 1.40 bits per heavy atom. The molecule has 0 radical (unpaired) electrons. The summed E-state index contributed by atoms with van der Waals surface area (Å²) in [5.41, 5.74) is 4.03. The Kier molecular flexibility index (Phi) is 3.15. The number of hydrogen-bond acceptors (Lipinski definition) is 2. The Bertz CT molecular complexity index is 740. The van der Waals surface area contributed by atoms with Crippen LogP contribution in [0.5, 0.6) is 0 Å². The zero-order chi connectivity index (χ0) is 14.5. The number of aromatic nitrogens is 2. The van der Waals surface area contributed by atoms with Gasteiger partial charge in [-0.05, 0) is 39.9 Å². The third kappa shape index (κ3) is 2.15. The molecule has 0 fully saturated rings. The molecule has 0 spiro atoms. The first kappa shape index (κ1) is 13.7. The Hall–Kier alpha value is -1.31. The summed E-state index contributed by atoms with van der Waals surface area (Å²) < 4.78 is 2.85. The molecule has 102 valence electrons. The van der Waals surface area contributed by atoms with E-state index in [1.807, 2.05) is 12.1 Å². The second-order valence-electron chi connectivity index (χ2n) is 5.92. The number of rotatable bonds is 1. The van der Waals surface area contributed by atoms with Gasteiger partial charge in [-0.15, -0.1) is 0 Å². The molecule has 0 aromatic carbocycles. The SMILES string of the molecule is CC1(C)Cc2c(-c3cc(Br)ncc3Cl)cc(C#N)n2C1. The minimum atomic E-state index is 0.174. The average Bonchev–Trinajstić information content (AvgIpc) is 2.85. The van der Waals surface area contributed by atoms with Crippen LogP contribution in [-0.4, -0.2) is 9.55 Å². The Morgan fingerprint density at radius 2 is 2.15 bits per heavy atom. The first-order valence-corrected chi connectivity index (χ1v) is 7.52. The summed E-state index contributed by atoms with van der Waals surface area (Å²) in [4.78, 5) is 4.13. The standard InChI is InChI=1S/C15H13BrClN3/c1-15(2)5-13-11(3-9(6-18)20(13)8-15)10-4-14(16)19-7-12(10)17/h3-4,7H,5,8H2,1-2H3. The molecular weight excluding hydrogens is 338 g/mol. The predicted molar refractivity (Wildman–Crippen MR) is 82.6 cm³/mol. The van der Waals surface area contributed by atoms with E-state index in [2.05, 4.69) is 45.4 Å². The predicted octanol–water partition coefficient (Wildman–Crippen LogP) is 4.42. The summed E-state index contributed by atoms with van der Waals surface area (Å²) in [5, 5.41) is 9.94. The molecule has 3 rings (SSSR count). The van der Waals surface area contributed by atoms with E-state index >= 15 is 0 Å². The minimum absolute atomic E-state index is 0.174. The lowest BCUT2D eigenvalue weighted by molar-refractivity contribution is 0.358. The number of halogens is 2. The summed E-state index contributed by atoms with van der Waals surface area (Å²) in [6.07, 6.45) is 2.58. The van der Waals surface area contributed by atoms with Crippen molar-refractivity contribution < 1.29 is 0 Å². The van der Waals surface area contributed by atoms with E-state index in [0.29, 0.717) is 10.7 Å². The van der Waals surface area contributed by atoms with Crippen LogP contribution in [0, 0.1) is 16.7 Å². The van der Waals surface area contributed by atoms with Gasteiger partial charge in [0, 0.05) is 29.6 Å². The Labute approximate surface area is 131 Å². The Morgan fingerprint density at radius 3 is 2.85 bits per heavy atom. The molecule has 20 heavy (non-hydrogen) atoms. The van der Waals surface area contributed by atoms with Gasteiger partial charge in [0.15, 0.2) is 0 Å². The van der Waals surface area contributed by atoms with Crippen molar-refractivity contribution in [3.63, 3.8) is 0 Å². The molecule has 1 aliphatic heterocycles. The first-order valence-electron chi connectivity index (χ1n) is 6.35. The summed E-state index contributed by atoms with van der Waals surface area (Å²) in [5.74, 6) is 0. The highest BCUT2D eigenvalue weighted by atomic mass is 79.9. The van der Waals surface area contributed by atoms with Crippen LogP contribution >= 0.6 is 27.5 Å². The molecule has 0 saturated carbocycles. The van der Waals surface area contributed by atoms with Crippen LogP contribution in [0.15, 0.2) is 22.9 Å². The average molecular weight is 351 g/mol. The monoisotopic (exact) mass is 349 g/mol. The number of nitrogens with zero attached hydrogens (tertiary/aromatic N) is 3. The van der Waals surface area contributed by atoms with Gasteiger partial charge >= 0.3 is 0 Å². The molecule has 0 aliphatic carbocycles. The lowest BCUT2D eigenvalue weighted by Gasteiger charge is -2.15. The van der Waals surface area contributed by atoms with Gasteiger partial charge in [0.05, 0.1) is 5.02 Å². The molecule has 3 nitrogen and oxygen atoms in total. The van der Waals surface area contributed by atoms with Crippen molar-refractivity contribution in [3.8, 4) is 17.2 Å². The van der Waals surface area contributed by atoms with Crippen molar-refractivity contribution in [1.82, 2.24) is 9.55 Å². The van der Waals surface area contributed by atoms with Crippen molar-refractivity contribution >= 4 is 27.5 Å². The highest BCUT2D eigenvalue weighted by Gasteiger charge is 2.33. The maximum atomic E-state index is 9.33. The van der Waals surface area contributed by atoms with Gasteiger partial charge in [-0.3, -0.25) is 0 Å². The van der Waals surface area contributed by atoms with Gasteiger partial charge < -0.3 is 4.57 Å². The van der Waals surface area contributed by atoms with E-state index in [-0.39, 0.29) is 5.41 Å². The van der Waals surface area contributed by atoms with Crippen molar-refractivity contribution in [2.24, 2.45) is 5.41 Å². The summed E-state index contributed by atoms with van der Waals surface area (Å²) in [6.45, 7) is 5.30. The molecule has 5 heteroatoms. The maximum absolute atomic E-state index is 9.33. The number of nitriles is 1. The normalized spacial score (nSPS) is 15.9. The fourth-order valence-corrected chi connectivity index (χ4v) is 3.38. The number of fused-ring (bicyclic) bond motifs is 1. The van der Waals surface area contributed by atoms with Crippen molar-refractivity contribution in [2.45, 2.75) is 26.8 Å². The lowest BCUT2D eigenvalue weighted by atomic mass is 9.89. The lowest BCUT2D eigenvalue weighted by Crippen LogP contribution is -2.13. The smallest absolute Gasteiger partial charge is 0.121 e. The van der Waals surface area contributed by atoms with Gasteiger partial charge in [-0.2, -0.15) is 5.26 Å². The fraction of sp³-hybridized carbons (Fsp3) is 0.333. The van der Waals surface area contributed by atoms with Crippen LogP contribution in [0.2, 0.25) is 5.02 Å². The molecule has 0 saturated heterocycles. The molecule has 0 N–H and O–H groups in total. The summed E-state index contributed by atoms with van der Waals surface area (Å²) in [7, 11) is 0. The summed E-state index contributed by atoms with van der Waals surface area (Å²) >= 11 is 9.66. The topological polar surface area (TPSA) is 41.6 Å². The van der Waals surface area contributed by atoms with E-state index < -0.39 is 0 Å². The highest BCUT2D eigenvalue weighted by molar-refractivity contribution is 9.10. The molecular formula is C15H13BrClN3. The zero-order valence-corrected chi connectivity index (χ0v) is 13.6. The van der Waals surface area contributed by atoms with Gasteiger partial charge in [0.1, 0.15) is 16.4 Å². The van der Waals surface area contributed by atoms with Crippen LogP contribution in [-0.2, 0) is 13.0 Å². The third-order valence-electron chi connectivity index (χ3n) is 3.67. The molecule has 0 atom stereocenters. The van der Waals surface area contributed by atoms with Gasteiger partial charge in [0.2, 0.25) is 0 Å². The van der Waals surface area contributed by atoms with Crippen LogP contribution in [0.3, 0.4) is 0 Å². The fourth-order valence-electron chi connectivity index (χ4n) is 2.84. The molecule has 3 heterocycles. The molecule has 0 bridgehead atoms. The van der Waals surface area contributed by atoms with E-state index in [9.17, 15) is 5.26 Å². The van der Waals surface area contributed by atoms with Crippen LogP contribution in [0.25, 0.3) is 11.1 Å². The van der Waals surface area contributed by atoms with Gasteiger partial charge in [-0.25, -0.2) is 4.98 Å². The van der Waals surface area contributed by atoms with Crippen molar-refractivity contribution in [1.29, 1.82) is 5.26 Å². The highest BCUT2D eigenvalue weighted by Crippen LogP contribution is 2.41. The molecule has 0 amide bonds. The van der Waals surface area contributed by atoms with Crippen molar-refractivity contribution in [2.75, 3.05) is 0 Å². The van der Waals surface area contributed by atoms with E-state index in [1.54, 1.807) is 6.20 Å². The van der Waals surface area contributed by atoms with Crippen molar-refractivity contribution in [3.05, 3.63) is 39.3 Å². The maximum Gasteiger partial charge on any atom is 0.121 e. The van der Waals surface area contributed by atoms with Crippen LogP contribution in [0.1, 0.15) is 25.2 Å². The molecule has 2 aromatic rings. The molecule has 2 aromatic heterocycles. The van der Waals surface area contributed by atoms with Gasteiger partial charge in [0.25, 0.3) is 0 Å². The number of hydrogen-bond donors (Lipinski definition) is 0. The summed E-state index contributed by atoms with van der Waals surface area (Å²) in [6, 6.07) is 6.12. The second kappa shape index (κ2) is 4.61. The zero-order valence-electron chi connectivity index (χ0n) is 11.2. The second-order valence-corrected chi connectivity index (χ2v) is 7.14. The Balaban J connectivity index is 2.22. The molecule has 1 aliphatic rings. The van der Waals surface area contributed by atoms with E-state index in [4.69, 9.17) is 11.6 Å². The largest absolute Gasteiger partial charge is 0.335 e. The van der Waals surface area contributed by atoms with Gasteiger partial charge in [-0.1, -0.05) is 25.4 Å². The van der Waals surface area contributed by atoms with Crippen LogP contribution < -0.4 is 0 Å². The van der Waals surface area contributed by atoms with E-state index in [0.717, 1.165) is 28.7 Å². The number of pyridine rings is 1.